The quantitative estimate of drug-likeness (QED) is 0.309. The molecule has 2 rings (SSSR count). The second-order valence-electron chi connectivity index (χ2n) is 5.78. The van der Waals surface area contributed by atoms with E-state index in [1.54, 1.807) is 25.1 Å². The number of hydrogen-bond donors (Lipinski definition) is 4. The summed E-state index contributed by atoms with van der Waals surface area (Å²) in [7, 11) is 0. The predicted octanol–water partition coefficient (Wildman–Crippen LogP) is 2.86. The SMILES string of the molecule is CCNC(=NCC(C)(O)c1ccco1)NCCNc1ncc(Cl)cc1Cl. The van der Waals surface area contributed by atoms with Crippen LogP contribution >= 0.6 is 23.2 Å². The molecule has 0 amide bonds. The van der Waals surface area contributed by atoms with Crippen LogP contribution in [0.2, 0.25) is 10.0 Å². The first-order valence-corrected chi connectivity index (χ1v) is 9.01. The van der Waals surface area contributed by atoms with Gasteiger partial charge in [0.25, 0.3) is 0 Å². The van der Waals surface area contributed by atoms with Crippen LogP contribution in [-0.2, 0) is 5.60 Å². The smallest absolute Gasteiger partial charge is 0.191 e. The van der Waals surface area contributed by atoms with Crippen molar-refractivity contribution in [2.24, 2.45) is 4.99 Å². The fraction of sp³-hybridized carbons (Fsp3) is 0.412. The first-order valence-electron chi connectivity index (χ1n) is 8.26. The van der Waals surface area contributed by atoms with Gasteiger partial charge in [0.1, 0.15) is 17.2 Å². The minimum absolute atomic E-state index is 0.161. The number of aliphatic hydroxyl groups is 1. The fourth-order valence-corrected chi connectivity index (χ4v) is 2.59. The average molecular weight is 400 g/mol. The van der Waals surface area contributed by atoms with E-state index in [0.717, 1.165) is 0 Å². The molecule has 1 unspecified atom stereocenters. The largest absolute Gasteiger partial charge is 0.466 e. The van der Waals surface area contributed by atoms with E-state index < -0.39 is 5.60 Å². The van der Waals surface area contributed by atoms with Gasteiger partial charge in [0.15, 0.2) is 5.96 Å². The van der Waals surface area contributed by atoms with Gasteiger partial charge in [-0.25, -0.2) is 9.98 Å². The highest BCUT2D eigenvalue weighted by Gasteiger charge is 2.26. The molecule has 2 aromatic heterocycles. The van der Waals surface area contributed by atoms with Crippen LogP contribution in [0.4, 0.5) is 5.82 Å². The highest BCUT2D eigenvalue weighted by molar-refractivity contribution is 6.35. The van der Waals surface area contributed by atoms with E-state index in [4.69, 9.17) is 27.6 Å². The molecule has 4 N–H and O–H groups in total. The van der Waals surface area contributed by atoms with Gasteiger partial charge in [0, 0.05) is 25.8 Å². The Morgan fingerprint density at radius 1 is 1.35 bits per heavy atom. The molecular weight excluding hydrogens is 377 g/mol. The van der Waals surface area contributed by atoms with E-state index >= 15 is 0 Å². The molecule has 142 valence electrons. The summed E-state index contributed by atoms with van der Waals surface area (Å²) in [6, 6.07) is 5.09. The molecule has 0 aromatic carbocycles. The molecule has 2 heterocycles. The summed E-state index contributed by atoms with van der Waals surface area (Å²) in [5.41, 5.74) is -1.18. The van der Waals surface area contributed by atoms with Crippen LogP contribution in [-0.4, -0.2) is 42.2 Å². The van der Waals surface area contributed by atoms with Crippen molar-refractivity contribution >= 4 is 35.0 Å². The number of furan rings is 1. The molecular formula is C17H23Cl2N5O2. The van der Waals surface area contributed by atoms with Crippen molar-refractivity contribution in [1.29, 1.82) is 0 Å². The summed E-state index contributed by atoms with van der Waals surface area (Å²) in [5.74, 6) is 1.64. The Morgan fingerprint density at radius 2 is 2.15 bits per heavy atom. The molecule has 2 aromatic rings. The lowest BCUT2D eigenvalue weighted by Gasteiger charge is -2.19. The van der Waals surface area contributed by atoms with Crippen molar-refractivity contribution in [1.82, 2.24) is 15.6 Å². The van der Waals surface area contributed by atoms with Crippen LogP contribution < -0.4 is 16.0 Å². The molecule has 0 aliphatic rings. The summed E-state index contributed by atoms with van der Waals surface area (Å²) >= 11 is 11.9. The maximum Gasteiger partial charge on any atom is 0.191 e. The number of nitrogens with zero attached hydrogens (tertiary/aromatic N) is 2. The topological polar surface area (TPSA) is 94.7 Å². The van der Waals surface area contributed by atoms with Crippen molar-refractivity contribution in [3.05, 3.63) is 46.5 Å². The highest BCUT2D eigenvalue weighted by atomic mass is 35.5. The molecule has 0 aliphatic heterocycles. The van der Waals surface area contributed by atoms with Crippen LogP contribution in [0.5, 0.6) is 0 Å². The summed E-state index contributed by atoms with van der Waals surface area (Å²) < 4.78 is 5.26. The molecule has 0 spiro atoms. The summed E-state index contributed by atoms with van der Waals surface area (Å²) in [6.45, 7) is 5.65. The predicted molar refractivity (Wildman–Crippen MR) is 105 cm³/mol. The normalized spacial score (nSPS) is 14.0. The fourth-order valence-electron chi connectivity index (χ4n) is 2.14. The lowest BCUT2D eigenvalue weighted by Crippen LogP contribution is -2.40. The summed E-state index contributed by atoms with van der Waals surface area (Å²) in [6.07, 6.45) is 3.06. The third kappa shape index (κ3) is 6.09. The monoisotopic (exact) mass is 399 g/mol. The number of aromatic nitrogens is 1. The molecule has 0 radical (unpaired) electrons. The lowest BCUT2D eigenvalue weighted by atomic mass is 10.0. The Hall–Kier alpha value is -1.96. The number of nitrogens with one attached hydrogen (secondary N) is 3. The Morgan fingerprint density at radius 3 is 2.81 bits per heavy atom. The molecule has 9 heteroatoms. The van der Waals surface area contributed by atoms with E-state index in [1.807, 2.05) is 6.92 Å². The van der Waals surface area contributed by atoms with Crippen LogP contribution in [0.15, 0.2) is 40.1 Å². The molecule has 0 fully saturated rings. The number of rotatable bonds is 8. The van der Waals surface area contributed by atoms with E-state index in [0.29, 0.717) is 47.2 Å². The highest BCUT2D eigenvalue weighted by Crippen LogP contribution is 2.22. The van der Waals surface area contributed by atoms with Crippen LogP contribution in [0.1, 0.15) is 19.6 Å². The number of aliphatic imine (C=N–C) groups is 1. The van der Waals surface area contributed by atoms with Gasteiger partial charge in [-0.1, -0.05) is 23.2 Å². The van der Waals surface area contributed by atoms with Crippen LogP contribution in [0.3, 0.4) is 0 Å². The maximum atomic E-state index is 10.5. The molecule has 0 saturated carbocycles. The Bertz CT molecular complexity index is 720. The number of hydrogen-bond acceptors (Lipinski definition) is 5. The summed E-state index contributed by atoms with van der Waals surface area (Å²) in [5, 5.41) is 20.8. The van der Waals surface area contributed by atoms with Gasteiger partial charge in [-0.05, 0) is 32.0 Å². The molecule has 0 bridgehead atoms. The Kier molecular flexibility index (Phi) is 7.56. The van der Waals surface area contributed by atoms with Gasteiger partial charge in [-0.3, -0.25) is 0 Å². The maximum absolute atomic E-state index is 10.5. The zero-order valence-electron chi connectivity index (χ0n) is 14.7. The number of guanidine groups is 1. The number of halogens is 2. The molecule has 0 saturated heterocycles. The van der Waals surface area contributed by atoms with Gasteiger partial charge >= 0.3 is 0 Å². The second kappa shape index (κ2) is 9.66. The van der Waals surface area contributed by atoms with Crippen molar-refractivity contribution in [3.8, 4) is 0 Å². The van der Waals surface area contributed by atoms with Gasteiger partial charge in [-0.2, -0.15) is 0 Å². The zero-order valence-corrected chi connectivity index (χ0v) is 16.2. The van der Waals surface area contributed by atoms with Crippen LogP contribution in [0, 0.1) is 0 Å². The number of anilines is 1. The van der Waals surface area contributed by atoms with E-state index in [2.05, 4.69) is 25.9 Å². The van der Waals surface area contributed by atoms with Crippen molar-refractivity contribution in [2.45, 2.75) is 19.4 Å². The van der Waals surface area contributed by atoms with E-state index in [-0.39, 0.29) is 6.54 Å². The van der Waals surface area contributed by atoms with Gasteiger partial charge < -0.3 is 25.5 Å². The minimum atomic E-state index is -1.18. The average Bonchev–Trinajstić information content (AvgIpc) is 3.13. The first kappa shape index (κ1) is 20.4. The molecule has 7 nitrogen and oxygen atoms in total. The number of pyridine rings is 1. The first-order chi connectivity index (χ1) is 12.4. The van der Waals surface area contributed by atoms with E-state index in [1.165, 1.54) is 12.5 Å². The standard InChI is InChI=1S/C17H23Cl2N5O2/c1-3-20-16(24-11-17(2,25)14-5-4-8-26-14)22-7-6-21-15-13(19)9-12(18)10-23-15/h4-5,8-10,25H,3,6-7,11H2,1-2H3,(H,21,23)(H2,20,22,24). The Balaban J connectivity index is 1.85. The molecule has 26 heavy (non-hydrogen) atoms. The third-order valence-electron chi connectivity index (χ3n) is 3.46. The zero-order chi connectivity index (χ0) is 19.0. The van der Waals surface area contributed by atoms with Crippen molar-refractivity contribution in [3.63, 3.8) is 0 Å². The third-order valence-corrected chi connectivity index (χ3v) is 3.95. The summed E-state index contributed by atoms with van der Waals surface area (Å²) in [4.78, 5) is 8.55. The van der Waals surface area contributed by atoms with Gasteiger partial charge in [0.05, 0.1) is 22.9 Å². The van der Waals surface area contributed by atoms with Gasteiger partial charge in [0.2, 0.25) is 0 Å². The lowest BCUT2D eigenvalue weighted by molar-refractivity contribution is 0.0437. The van der Waals surface area contributed by atoms with Crippen LogP contribution in [0.25, 0.3) is 0 Å². The minimum Gasteiger partial charge on any atom is -0.466 e. The molecule has 0 aliphatic carbocycles. The van der Waals surface area contributed by atoms with Gasteiger partial charge in [-0.15, -0.1) is 0 Å². The molecule has 1 atom stereocenters. The second-order valence-corrected chi connectivity index (χ2v) is 6.63. The van der Waals surface area contributed by atoms with Crippen molar-refractivity contribution < 1.29 is 9.52 Å². The van der Waals surface area contributed by atoms with Crippen molar-refractivity contribution in [2.75, 3.05) is 31.5 Å². The Labute approximate surface area is 162 Å². The van der Waals surface area contributed by atoms with E-state index in [9.17, 15) is 5.11 Å².